The van der Waals surface area contributed by atoms with Crippen LogP contribution in [-0.2, 0) is 13.0 Å². The van der Waals surface area contributed by atoms with E-state index in [4.69, 9.17) is 4.74 Å². The van der Waals surface area contributed by atoms with E-state index in [9.17, 15) is 10.1 Å². The first-order valence-corrected chi connectivity index (χ1v) is 8.93. The van der Waals surface area contributed by atoms with Crippen LogP contribution in [0.5, 0.6) is 5.75 Å². The number of non-ortho nitro benzene ring substituents is 1. The summed E-state index contributed by atoms with van der Waals surface area (Å²) >= 11 is 0. The zero-order valence-corrected chi connectivity index (χ0v) is 15.8. The van der Waals surface area contributed by atoms with Gasteiger partial charge in [0, 0.05) is 37.8 Å². The molecule has 0 aliphatic heterocycles. The molecule has 0 saturated carbocycles. The van der Waals surface area contributed by atoms with Crippen molar-refractivity contribution in [1.29, 1.82) is 0 Å². The van der Waals surface area contributed by atoms with E-state index in [0.717, 1.165) is 48.6 Å². The van der Waals surface area contributed by atoms with E-state index in [0.29, 0.717) is 6.54 Å². The van der Waals surface area contributed by atoms with Crippen molar-refractivity contribution in [2.75, 3.05) is 20.7 Å². The van der Waals surface area contributed by atoms with Crippen molar-refractivity contribution in [1.82, 2.24) is 10.6 Å². The molecule has 7 nitrogen and oxygen atoms in total. The number of para-hydroxylation sites is 1. The van der Waals surface area contributed by atoms with E-state index in [2.05, 4.69) is 15.6 Å². The first-order chi connectivity index (χ1) is 13.1. The van der Waals surface area contributed by atoms with Crippen molar-refractivity contribution in [3.63, 3.8) is 0 Å². The Balaban J connectivity index is 1.68. The lowest BCUT2D eigenvalue weighted by molar-refractivity contribution is -0.384. The molecule has 144 valence electrons. The Kier molecular flexibility index (Phi) is 8.09. The molecule has 0 aliphatic carbocycles. The highest BCUT2D eigenvalue weighted by Crippen LogP contribution is 2.16. The van der Waals surface area contributed by atoms with Gasteiger partial charge in [-0.1, -0.05) is 30.3 Å². The molecule has 2 rings (SSSR count). The summed E-state index contributed by atoms with van der Waals surface area (Å²) in [5, 5.41) is 17.2. The molecule has 2 N–H and O–H groups in total. The van der Waals surface area contributed by atoms with Gasteiger partial charge in [-0.15, -0.1) is 0 Å². The van der Waals surface area contributed by atoms with Crippen molar-refractivity contribution in [2.24, 2.45) is 4.99 Å². The van der Waals surface area contributed by atoms with Crippen molar-refractivity contribution < 1.29 is 9.66 Å². The number of rotatable bonds is 9. The normalized spacial score (nSPS) is 11.1. The molecule has 0 saturated heterocycles. The number of aryl methyl sites for hydroxylation is 1. The summed E-state index contributed by atoms with van der Waals surface area (Å²) in [6.45, 7) is 1.44. The smallest absolute Gasteiger partial charge is 0.269 e. The number of ether oxygens (including phenoxy) is 1. The van der Waals surface area contributed by atoms with Gasteiger partial charge in [0.05, 0.1) is 12.0 Å². The summed E-state index contributed by atoms with van der Waals surface area (Å²) in [6.07, 6.45) is 2.87. The number of aliphatic imine (C=N–C) groups is 1. The van der Waals surface area contributed by atoms with E-state index in [1.807, 2.05) is 36.4 Å². The Morgan fingerprint density at radius 2 is 1.85 bits per heavy atom. The highest BCUT2D eigenvalue weighted by Gasteiger charge is 2.05. The standard InChI is InChI=1S/C20H26N4O3/c1-21-20(23-15-17-8-3-4-9-19(17)27-2)22-14-6-5-7-16-10-12-18(13-11-16)24(25)26/h3-4,8-13H,5-7,14-15H2,1-2H3,(H2,21,22,23). The predicted octanol–water partition coefficient (Wildman–Crippen LogP) is 3.29. The summed E-state index contributed by atoms with van der Waals surface area (Å²) in [6, 6.07) is 14.6. The van der Waals surface area contributed by atoms with Crippen molar-refractivity contribution >= 4 is 11.6 Å². The van der Waals surface area contributed by atoms with E-state index in [1.165, 1.54) is 0 Å². The maximum absolute atomic E-state index is 10.7. The lowest BCUT2D eigenvalue weighted by Gasteiger charge is -2.13. The maximum Gasteiger partial charge on any atom is 0.269 e. The summed E-state index contributed by atoms with van der Waals surface area (Å²) in [5.74, 6) is 1.60. The third-order valence-electron chi connectivity index (χ3n) is 4.19. The van der Waals surface area contributed by atoms with Crippen LogP contribution >= 0.6 is 0 Å². The monoisotopic (exact) mass is 370 g/mol. The van der Waals surface area contributed by atoms with Crippen LogP contribution in [0, 0.1) is 10.1 Å². The van der Waals surface area contributed by atoms with E-state index >= 15 is 0 Å². The van der Waals surface area contributed by atoms with Gasteiger partial charge in [0.25, 0.3) is 5.69 Å². The molecule has 2 aromatic rings. The van der Waals surface area contributed by atoms with Crippen molar-refractivity contribution in [3.8, 4) is 5.75 Å². The Labute approximate surface area is 159 Å². The summed E-state index contributed by atoms with van der Waals surface area (Å²) < 4.78 is 5.35. The molecule has 0 aromatic heterocycles. The highest BCUT2D eigenvalue weighted by molar-refractivity contribution is 5.79. The second-order valence-corrected chi connectivity index (χ2v) is 6.05. The first kappa shape index (κ1) is 20.2. The molecule has 0 radical (unpaired) electrons. The molecule has 0 atom stereocenters. The second kappa shape index (κ2) is 10.8. The quantitative estimate of drug-likeness (QED) is 0.232. The predicted molar refractivity (Wildman–Crippen MR) is 107 cm³/mol. The van der Waals surface area contributed by atoms with Gasteiger partial charge >= 0.3 is 0 Å². The number of methoxy groups -OCH3 is 1. The van der Waals surface area contributed by atoms with Gasteiger partial charge in [-0.05, 0) is 30.9 Å². The molecule has 7 heteroatoms. The Bertz CT molecular complexity index is 760. The fourth-order valence-corrected chi connectivity index (χ4v) is 2.69. The lowest BCUT2D eigenvalue weighted by Crippen LogP contribution is -2.37. The number of unbranched alkanes of at least 4 members (excludes halogenated alkanes) is 1. The van der Waals surface area contributed by atoms with Crippen LogP contribution in [-0.4, -0.2) is 31.6 Å². The van der Waals surface area contributed by atoms with Gasteiger partial charge in [-0.3, -0.25) is 15.1 Å². The molecule has 0 bridgehead atoms. The fourth-order valence-electron chi connectivity index (χ4n) is 2.69. The number of nitro groups is 1. The number of benzene rings is 2. The SMILES string of the molecule is CN=C(NCCCCc1ccc([N+](=O)[O-])cc1)NCc1ccccc1OC. The molecule has 27 heavy (non-hydrogen) atoms. The average molecular weight is 370 g/mol. The van der Waals surface area contributed by atoms with E-state index in [-0.39, 0.29) is 10.6 Å². The summed E-state index contributed by atoms with van der Waals surface area (Å²) in [4.78, 5) is 14.5. The second-order valence-electron chi connectivity index (χ2n) is 6.05. The molecule has 0 aliphatic rings. The third kappa shape index (κ3) is 6.62. The minimum atomic E-state index is -0.378. The Hall–Kier alpha value is -3.09. The maximum atomic E-state index is 10.7. The van der Waals surface area contributed by atoms with Crippen LogP contribution in [0.4, 0.5) is 5.69 Å². The topological polar surface area (TPSA) is 88.8 Å². The van der Waals surface area contributed by atoms with Crippen molar-refractivity contribution in [3.05, 3.63) is 69.8 Å². The number of nitro benzene ring substituents is 1. The van der Waals surface area contributed by atoms with Crippen LogP contribution in [0.2, 0.25) is 0 Å². The number of hydrogen-bond acceptors (Lipinski definition) is 4. The minimum absolute atomic E-state index is 0.130. The van der Waals surface area contributed by atoms with Crippen LogP contribution in [0.15, 0.2) is 53.5 Å². The highest BCUT2D eigenvalue weighted by atomic mass is 16.6. The molecule has 0 heterocycles. The Morgan fingerprint density at radius 3 is 2.52 bits per heavy atom. The van der Waals surface area contributed by atoms with Gasteiger partial charge < -0.3 is 15.4 Å². The van der Waals surface area contributed by atoms with Gasteiger partial charge in [0.1, 0.15) is 5.75 Å². The van der Waals surface area contributed by atoms with Gasteiger partial charge in [-0.25, -0.2) is 0 Å². The number of nitrogens with one attached hydrogen (secondary N) is 2. The molecule has 0 amide bonds. The molecule has 2 aromatic carbocycles. The summed E-state index contributed by atoms with van der Waals surface area (Å²) in [5.41, 5.74) is 2.31. The molecular formula is C20H26N4O3. The van der Waals surface area contributed by atoms with E-state index < -0.39 is 0 Å². The Morgan fingerprint density at radius 1 is 1.11 bits per heavy atom. The van der Waals surface area contributed by atoms with Gasteiger partial charge in [-0.2, -0.15) is 0 Å². The molecule has 0 unspecified atom stereocenters. The average Bonchev–Trinajstić information content (AvgIpc) is 2.70. The molecular weight excluding hydrogens is 344 g/mol. The first-order valence-electron chi connectivity index (χ1n) is 8.93. The van der Waals surface area contributed by atoms with Crippen LogP contribution < -0.4 is 15.4 Å². The third-order valence-corrected chi connectivity index (χ3v) is 4.19. The summed E-state index contributed by atoms with van der Waals surface area (Å²) in [7, 11) is 3.41. The minimum Gasteiger partial charge on any atom is -0.496 e. The van der Waals surface area contributed by atoms with Gasteiger partial charge in [0.15, 0.2) is 5.96 Å². The van der Waals surface area contributed by atoms with Crippen LogP contribution in [0.3, 0.4) is 0 Å². The van der Waals surface area contributed by atoms with Crippen LogP contribution in [0.25, 0.3) is 0 Å². The van der Waals surface area contributed by atoms with Gasteiger partial charge in [0.2, 0.25) is 0 Å². The zero-order chi connectivity index (χ0) is 19.5. The fraction of sp³-hybridized carbons (Fsp3) is 0.350. The zero-order valence-electron chi connectivity index (χ0n) is 15.8. The largest absolute Gasteiger partial charge is 0.496 e. The molecule has 0 spiro atoms. The molecule has 0 fully saturated rings. The van der Waals surface area contributed by atoms with E-state index in [1.54, 1.807) is 26.3 Å². The number of nitrogens with zero attached hydrogens (tertiary/aromatic N) is 2. The number of guanidine groups is 1. The van der Waals surface area contributed by atoms with Crippen molar-refractivity contribution in [2.45, 2.75) is 25.8 Å². The van der Waals surface area contributed by atoms with Crippen LogP contribution in [0.1, 0.15) is 24.0 Å². The number of hydrogen-bond donors (Lipinski definition) is 2. The lowest BCUT2D eigenvalue weighted by atomic mass is 10.1.